The minimum atomic E-state index is -0.315. The van der Waals surface area contributed by atoms with Gasteiger partial charge in [-0.1, -0.05) is 0 Å². The van der Waals surface area contributed by atoms with Gasteiger partial charge in [0.2, 0.25) is 0 Å². The Hall–Kier alpha value is -1.22. The molecule has 0 amide bonds. The summed E-state index contributed by atoms with van der Waals surface area (Å²) in [5.74, 6) is 0.803. The summed E-state index contributed by atoms with van der Waals surface area (Å²) < 4.78 is 5.44. The number of rotatable bonds is 4. The molecule has 0 spiro atoms. The van der Waals surface area contributed by atoms with Gasteiger partial charge in [0.1, 0.15) is 5.75 Å². The second-order valence-electron chi connectivity index (χ2n) is 3.50. The molecule has 3 nitrogen and oxygen atoms in total. The topological polar surface area (TPSA) is 55.5 Å². The lowest BCUT2D eigenvalue weighted by molar-refractivity contribution is 0.155. The summed E-state index contributed by atoms with van der Waals surface area (Å²) in [6.07, 6.45) is 0.327. The third kappa shape index (κ3) is 3.26. The van der Waals surface area contributed by atoms with E-state index in [0.29, 0.717) is 13.0 Å². The van der Waals surface area contributed by atoms with Crippen molar-refractivity contribution in [1.29, 1.82) is 0 Å². The lowest BCUT2D eigenvalue weighted by atomic mass is 10.2. The quantitative estimate of drug-likeness (QED) is 0.719. The van der Waals surface area contributed by atoms with Gasteiger partial charge >= 0.3 is 0 Å². The van der Waals surface area contributed by atoms with Gasteiger partial charge < -0.3 is 15.6 Å². The van der Waals surface area contributed by atoms with Crippen molar-refractivity contribution in [2.45, 2.75) is 26.4 Å². The second kappa shape index (κ2) is 4.86. The monoisotopic (exact) mass is 195 g/mol. The fraction of sp³-hybridized carbons (Fsp3) is 0.455. The van der Waals surface area contributed by atoms with Crippen LogP contribution in [0.3, 0.4) is 0 Å². The number of aryl methyl sites for hydroxylation is 1. The second-order valence-corrected chi connectivity index (χ2v) is 3.50. The number of ether oxygens (including phenoxy) is 1. The van der Waals surface area contributed by atoms with E-state index < -0.39 is 0 Å². The highest BCUT2D eigenvalue weighted by Crippen LogP contribution is 2.18. The molecule has 1 unspecified atom stereocenters. The Morgan fingerprint density at radius 2 is 2.21 bits per heavy atom. The van der Waals surface area contributed by atoms with Gasteiger partial charge in [-0.05, 0) is 37.6 Å². The normalized spacial score (nSPS) is 12.5. The van der Waals surface area contributed by atoms with E-state index >= 15 is 0 Å². The third-order valence-corrected chi connectivity index (χ3v) is 2.05. The molecule has 78 valence electrons. The van der Waals surface area contributed by atoms with Crippen molar-refractivity contribution >= 4 is 5.69 Å². The summed E-state index contributed by atoms with van der Waals surface area (Å²) in [6, 6.07) is 5.56. The van der Waals surface area contributed by atoms with E-state index in [1.54, 1.807) is 6.92 Å². The molecule has 0 bridgehead atoms. The predicted octanol–water partition coefficient (Wildman–Crippen LogP) is 1.73. The fourth-order valence-electron chi connectivity index (χ4n) is 1.09. The summed E-state index contributed by atoms with van der Waals surface area (Å²) in [5, 5.41) is 9.03. The van der Waals surface area contributed by atoms with Gasteiger partial charge in [-0.3, -0.25) is 0 Å². The van der Waals surface area contributed by atoms with Crippen molar-refractivity contribution in [2.75, 3.05) is 12.3 Å². The molecule has 0 radical (unpaired) electrons. The average molecular weight is 195 g/mol. The van der Waals surface area contributed by atoms with Gasteiger partial charge in [-0.25, -0.2) is 0 Å². The van der Waals surface area contributed by atoms with Crippen LogP contribution in [0.2, 0.25) is 0 Å². The van der Waals surface area contributed by atoms with E-state index in [1.807, 2.05) is 25.1 Å². The molecule has 3 heteroatoms. The number of hydrogen-bond acceptors (Lipinski definition) is 3. The Morgan fingerprint density at radius 3 is 2.79 bits per heavy atom. The highest BCUT2D eigenvalue weighted by molar-refractivity contribution is 5.49. The maximum atomic E-state index is 9.03. The molecule has 0 aliphatic heterocycles. The summed E-state index contributed by atoms with van der Waals surface area (Å²) in [4.78, 5) is 0. The lowest BCUT2D eigenvalue weighted by Crippen LogP contribution is -2.07. The van der Waals surface area contributed by atoms with Crippen molar-refractivity contribution in [2.24, 2.45) is 0 Å². The Morgan fingerprint density at radius 1 is 1.50 bits per heavy atom. The lowest BCUT2D eigenvalue weighted by Gasteiger charge is -2.09. The standard InChI is InChI=1S/C11H17NO2/c1-8-7-10(3-4-11(8)12)14-6-5-9(2)13/h3-4,7,9,13H,5-6,12H2,1-2H3. The van der Waals surface area contributed by atoms with Gasteiger partial charge in [0.05, 0.1) is 12.7 Å². The maximum absolute atomic E-state index is 9.03. The molecule has 0 saturated carbocycles. The summed E-state index contributed by atoms with van der Waals surface area (Å²) in [6.45, 7) is 4.22. The van der Waals surface area contributed by atoms with E-state index in [0.717, 1.165) is 17.0 Å². The van der Waals surface area contributed by atoms with E-state index in [2.05, 4.69) is 0 Å². The molecule has 14 heavy (non-hydrogen) atoms. The molecule has 0 aliphatic carbocycles. The SMILES string of the molecule is Cc1cc(OCCC(C)O)ccc1N. The highest BCUT2D eigenvalue weighted by Gasteiger charge is 1.99. The highest BCUT2D eigenvalue weighted by atomic mass is 16.5. The van der Waals surface area contributed by atoms with Crippen molar-refractivity contribution in [3.8, 4) is 5.75 Å². The van der Waals surface area contributed by atoms with E-state index in [9.17, 15) is 0 Å². The molecular weight excluding hydrogens is 178 g/mol. The Bertz CT molecular complexity index is 297. The van der Waals surface area contributed by atoms with Crippen molar-refractivity contribution in [1.82, 2.24) is 0 Å². The molecule has 3 N–H and O–H groups in total. The third-order valence-electron chi connectivity index (χ3n) is 2.05. The Kier molecular flexibility index (Phi) is 3.77. The first-order chi connectivity index (χ1) is 6.59. The number of aliphatic hydroxyl groups is 1. The largest absolute Gasteiger partial charge is 0.493 e. The van der Waals surface area contributed by atoms with Crippen LogP contribution < -0.4 is 10.5 Å². The van der Waals surface area contributed by atoms with Crippen LogP contribution in [0.15, 0.2) is 18.2 Å². The molecule has 1 aromatic carbocycles. The number of nitrogens with two attached hydrogens (primary N) is 1. The molecule has 0 aliphatic rings. The first-order valence-electron chi connectivity index (χ1n) is 4.76. The molecule has 0 aromatic heterocycles. The zero-order valence-electron chi connectivity index (χ0n) is 8.66. The smallest absolute Gasteiger partial charge is 0.119 e. The van der Waals surface area contributed by atoms with Crippen LogP contribution in [-0.4, -0.2) is 17.8 Å². The van der Waals surface area contributed by atoms with Gasteiger partial charge in [0.25, 0.3) is 0 Å². The molecule has 1 atom stereocenters. The van der Waals surface area contributed by atoms with Crippen molar-refractivity contribution in [3.05, 3.63) is 23.8 Å². The van der Waals surface area contributed by atoms with Crippen LogP contribution in [0.25, 0.3) is 0 Å². The number of aliphatic hydroxyl groups excluding tert-OH is 1. The van der Waals surface area contributed by atoms with E-state index in [-0.39, 0.29) is 6.10 Å². The van der Waals surface area contributed by atoms with Crippen LogP contribution in [0, 0.1) is 6.92 Å². The van der Waals surface area contributed by atoms with Crippen LogP contribution in [0.4, 0.5) is 5.69 Å². The van der Waals surface area contributed by atoms with E-state index in [4.69, 9.17) is 15.6 Å². The van der Waals surface area contributed by atoms with Crippen LogP contribution in [-0.2, 0) is 0 Å². The zero-order valence-corrected chi connectivity index (χ0v) is 8.66. The Labute approximate surface area is 84.5 Å². The minimum Gasteiger partial charge on any atom is -0.493 e. The predicted molar refractivity (Wildman–Crippen MR) is 57.4 cm³/mol. The molecular formula is C11H17NO2. The van der Waals surface area contributed by atoms with Gasteiger partial charge in [0.15, 0.2) is 0 Å². The number of benzene rings is 1. The van der Waals surface area contributed by atoms with E-state index in [1.165, 1.54) is 0 Å². The summed E-state index contributed by atoms with van der Waals surface area (Å²) >= 11 is 0. The average Bonchev–Trinajstić information content (AvgIpc) is 2.10. The number of anilines is 1. The summed E-state index contributed by atoms with van der Waals surface area (Å²) in [5.41, 5.74) is 7.45. The zero-order chi connectivity index (χ0) is 10.6. The number of nitrogen functional groups attached to an aromatic ring is 1. The maximum Gasteiger partial charge on any atom is 0.119 e. The van der Waals surface area contributed by atoms with Crippen LogP contribution >= 0.6 is 0 Å². The van der Waals surface area contributed by atoms with Gasteiger partial charge in [0, 0.05) is 12.1 Å². The molecule has 1 rings (SSSR count). The van der Waals surface area contributed by atoms with Crippen molar-refractivity contribution in [3.63, 3.8) is 0 Å². The molecule has 1 aromatic rings. The minimum absolute atomic E-state index is 0.315. The van der Waals surface area contributed by atoms with Gasteiger partial charge in [-0.2, -0.15) is 0 Å². The van der Waals surface area contributed by atoms with Crippen molar-refractivity contribution < 1.29 is 9.84 Å². The first-order valence-corrected chi connectivity index (χ1v) is 4.76. The fourth-order valence-corrected chi connectivity index (χ4v) is 1.09. The van der Waals surface area contributed by atoms with Gasteiger partial charge in [-0.15, -0.1) is 0 Å². The molecule has 0 saturated heterocycles. The van der Waals surface area contributed by atoms with Crippen LogP contribution in [0.5, 0.6) is 5.75 Å². The van der Waals surface area contributed by atoms with Crippen LogP contribution in [0.1, 0.15) is 18.9 Å². The first kappa shape index (κ1) is 10.9. The molecule has 0 heterocycles. The summed E-state index contributed by atoms with van der Waals surface area (Å²) in [7, 11) is 0. The Balaban J connectivity index is 2.47. The molecule has 0 fully saturated rings. The number of hydrogen-bond donors (Lipinski definition) is 2.